The van der Waals surface area contributed by atoms with Crippen molar-refractivity contribution in [3.05, 3.63) is 29.3 Å². The first kappa shape index (κ1) is 12.0. The molecular formula is C11H17NO3. The topological polar surface area (TPSA) is 64.7 Å². The molecule has 4 nitrogen and oxygen atoms in total. The van der Waals surface area contributed by atoms with Crippen LogP contribution in [-0.4, -0.2) is 24.4 Å². The molecule has 3 N–H and O–H groups in total. The fourth-order valence-electron chi connectivity index (χ4n) is 1.16. The van der Waals surface area contributed by atoms with Crippen molar-refractivity contribution in [2.75, 3.05) is 13.2 Å². The van der Waals surface area contributed by atoms with Crippen LogP contribution in [0.3, 0.4) is 0 Å². The SMILES string of the molecule is Cc1ccc(OCC(O)CON)cc1C. The van der Waals surface area contributed by atoms with Gasteiger partial charge in [-0.05, 0) is 37.1 Å². The summed E-state index contributed by atoms with van der Waals surface area (Å²) in [5.74, 6) is 5.57. The van der Waals surface area contributed by atoms with Crippen molar-refractivity contribution in [3.8, 4) is 5.75 Å². The minimum absolute atomic E-state index is 0.0742. The third-order valence-electron chi connectivity index (χ3n) is 2.21. The highest BCUT2D eigenvalue weighted by atomic mass is 16.6. The zero-order valence-corrected chi connectivity index (χ0v) is 9.06. The highest BCUT2D eigenvalue weighted by Crippen LogP contribution is 2.16. The van der Waals surface area contributed by atoms with Crippen molar-refractivity contribution in [3.63, 3.8) is 0 Å². The molecule has 1 aromatic carbocycles. The number of nitrogens with two attached hydrogens (primary N) is 1. The van der Waals surface area contributed by atoms with Crippen LogP contribution in [0.5, 0.6) is 5.75 Å². The quantitative estimate of drug-likeness (QED) is 0.711. The number of hydrogen-bond acceptors (Lipinski definition) is 4. The molecule has 0 aliphatic rings. The van der Waals surface area contributed by atoms with E-state index in [9.17, 15) is 5.11 Å². The molecule has 4 heteroatoms. The standard InChI is InChI=1S/C11H17NO3/c1-8-3-4-11(5-9(8)2)14-6-10(13)7-15-12/h3-5,10,13H,6-7,12H2,1-2H3. The number of aliphatic hydroxyl groups excluding tert-OH is 1. The van der Waals surface area contributed by atoms with E-state index in [1.54, 1.807) is 0 Å². The van der Waals surface area contributed by atoms with Gasteiger partial charge in [-0.15, -0.1) is 0 Å². The third-order valence-corrected chi connectivity index (χ3v) is 2.21. The van der Waals surface area contributed by atoms with Crippen molar-refractivity contribution < 1.29 is 14.7 Å². The number of ether oxygens (including phenoxy) is 1. The molecule has 1 rings (SSSR count). The molecule has 84 valence electrons. The second kappa shape index (κ2) is 5.70. The van der Waals surface area contributed by atoms with Gasteiger partial charge in [0, 0.05) is 0 Å². The van der Waals surface area contributed by atoms with Gasteiger partial charge < -0.3 is 14.7 Å². The van der Waals surface area contributed by atoms with Crippen LogP contribution >= 0.6 is 0 Å². The largest absolute Gasteiger partial charge is 0.491 e. The molecule has 0 saturated carbocycles. The summed E-state index contributed by atoms with van der Waals surface area (Å²) in [6, 6.07) is 5.79. The zero-order chi connectivity index (χ0) is 11.3. The van der Waals surface area contributed by atoms with E-state index in [4.69, 9.17) is 10.6 Å². The molecule has 1 unspecified atom stereocenters. The monoisotopic (exact) mass is 211 g/mol. The minimum Gasteiger partial charge on any atom is -0.491 e. The predicted octanol–water partition coefficient (Wildman–Crippen LogP) is 0.933. The Hall–Kier alpha value is -1.10. The Bertz CT molecular complexity index is 315. The van der Waals surface area contributed by atoms with Gasteiger partial charge in [0.05, 0.1) is 6.61 Å². The van der Waals surface area contributed by atoms with Crippen molar-refractivity contribution in [2.45, 2.75) is 20.0 Å². The second-order valence-electron chi connectivity index (χ2n) is 3.54. The van der Waals surface area contributed by atoms with Crippen molar-refractivity contribution in [1.29, 1.82) is 0 Å². The first-order chi connectivity index (χ1) is 7.13. The lowest BCUT2D eigenvalue weighted by atomic mass is 10.1. The van der Waals surface area contributed by atoms with Gasteiger partial charge in [0.1, 0.15) is 18.5 Å². The van der Waals surface area contributed by atoms with Crippen LogP contribution in [0.2, 0.25) is 0 Å². The third kappa shape index (κ3) is 3.87. The summed E-state index contributed by atoms with van der Waals surface area (Å²) in [6.45, 7) is 4.31. The van der Waals surface area contributed by atoms with E-state index in [2.05, 4.69) is 4.84 Å². The van der Waals surface area contributed by atoms with E-state index in [-0.39, 0.29) is 13.2 Å². The number of benzene rings is 1. The highest BCUT2D eigenvalue weighted by Gasteiger charge is 2.05. The molecule has 0 spiro atoms. The summed E-state index contributed by atoms with van der Waals surface area (Å²) >= 11 is 0. The van der Waals surface area contributed by atoms with E-state index in [1.807, 2.05) is 32.0 Å². The van der Waals surface area contributed by atoms with Crippen molar-refractivity contribution >= 4 is 0 Å². The minimum atomic E-state index is -0.698. The molecule has 0 bridgehead atoms. The Balaban J connectivity index is 2.47. The number of aryl methyl sites for hydroxylation is 2. The summed E-state index contributed by atoms with van der Waals surface area (Å²) in [6.07, 6.45) is -0.698. The lowest BCUT2D eigenvalue weighted by Crippen LogP contribution is -2.25. The summed E-state index contributed by atoms with van der Waals surface area (Å²) in [5, 5.41) is 9.30. The molecule has 0 aliphatic heterocycles. The van der Waals surface area contributed by atoms with Gasteiger partial charge in [-0.3, -0.25) is 0 Å². The fourth-order valence-corrected chi connectivity index (χ4v) is 1.16. The smallest absolute Gasteiger partial charge is 0.119 e. The maximum absolute atomic E-state index is 9.30. The van der Waals surface area contributed by atoms with Crippen LogP contribution in [0.1, 0.15) is 11.1 Å². The first-order valence-corrected chi connectivity index (χ1v) is 4.83. The summed E-state index contributed by atoms with van der Waals surface area (Å²) < 4.78 is 5.37. The summed E-state index contributed by atoms with van der Waals surface area (Å²) in [4.78, 5) is 4.30. The molecule has 0 radical (unpaired) electrons. The predicted molar refractivity (Wildman–Crippen MR) is 57.6 cm³/mol. The van der Waals surface area contributed by atoms with Gasteiger partial charge in [0.25, 0.3) is 0 Å². The van der Waals surface area contributed by atoms with Crippen LogP contribution < -0.4 is 10.6 Å². The lowest BCUT2D eigenvalue weighted by Gasteiger charge is -2.11. The van der Waals surface area contributed by atoms with Gasteiger partial charge >= 0.3 is 0 Å². The van der Waals surface area contributed by atoms with Crippen LogP contribution in [0.4, 0.5) is 0 Å². The van der Waals surface area contributed by atoms with E-state index in [1.165, 1.54) is 5.56 Å². The van der Waals surface area contributed by atoms with E-state index in [0.29, 0.717) is 0 Å². The maximum Gasteiger partial charge on any atom is 0.119 e. The molecule has 0 aromatic heterocycles. The van der Waals surface area contributed by atoms with Gasteiger partial charge in [0.2, 0.25) is 0 Å². The van der Waals surface area contributed by atoms with Crippen molar-refractivity contribution in [1.82, 2.24) is 0 Å². The normalized spacial score (nSPS) is 12.5. The molecular weight excluding hydrogens is 194 g/mol. The van der Waals surface area contributed by atoms with E-state index >= 15 is 0 Å². The average Bonchev–Trinajstić information content (AvgIpc) is 2.20. The Labute approximate surface area is 89.6 Å². The Kier molecular flexibility index (Phi) is 4.55. The highest BCUT2D eigenvalue weighted by molar-refractivity contribution is 5.33. The molecule has 0 aliphatic carbocycles. The number of hydrogen-bond donors (Lipinski definition) is 2. The van der Waals surface area contributed by atoms with Crippen LogP contribution in [0, 0.1) is 13.8 Å². The average molecular weight is 211 g/mol. The Morgan fingerprint density at radius 3 is 2.60 bits per heavy atom. The van der Waals surface area contributed by atoms with E-state index in [0.717, 1.165) is 11.3 Å². The second-order valence-corrected chi connectivity index (χ2v) is 3.54. The molecule has 0 heterocycles. The Morgan fingerprint density at radius 1 is 1.27 bits per heavy atom. The summed E-state index contributed by atoms with van der Waals surface area (Å²) in [5.41, 5.74) is 2.38. The molecule has 0 fully saturated rings. The molecule has 0 amide bonds. The molecule has 1 atom stereocenters. The summed E-state index contributed by atoms with van der Waals surface area (Å²) in [7, 11) is 0. The molecule has 15 heavy (non-hydrogen) atoms. The van der Waals surface area contributed by atoms with Gasteiger partial charge in [-0.1, -0.05) is 6.07 Å². The van der Waals surface area contributed by atoms with Gasteiger partial charge in [-0.25, -0.2) is 5.90 Å². The Morgan fingerprint density at radius 2 is 2.00 bits per heavy atom. The van der Waals surface area contributed by atoms with Crippen LogP contribution in [0.25, 0.3) is 0 Å². The number of aliphatic hydroxyl groups is 1. The number of rotatable bonds is 5. The van der Waals surface area contributed by atoms with Crippen LogP contribution in [-0.2, 0) is 4.84 Å². The lowest BCUT2D eigenvalue weighted by molar-refractivity contribution is 0.0116. The van der Waals surface area contributed by atoms with Crippen LogP contribution in [0.15, 0.2) is 18.2 Å². The molecule has 0 saturated heterocycles. The van der Waals surface area contributed by atoms with Crippen molar-refractivity contribution in [2.24, 2.45) is 5.90 Å². The van der Waals surface area contributed by atoms with E-state index < -0.39 is 6.10 Å². The zero-order valence-electron chi connectivity index (χ0n) is 9.06. The van der Waals surface area contributed by atoms with Gasteiger partial charge in [-0.2, -0.15) is 0 Å². The first-order valence-electron chi connectivity index (χ1n) is 4.83. The maximum atomic E-state index is 9.30. The fraction of sp³-hybridized carbons (Fsp3) is 0.455. The van der Waals surface area contributed by atoms with Gasteiger partial charge in [0.15, 0.2) is 0 Å². The molecule has 1 aromatic rings.